The van der Waals surface area contributed by atoms with Crippen LogP contribution >= 0.6 is 0 Å². The molecule has 0 bridgehead atoms. The summed E-state index contributed by atoms with van der Waals surface area (Å²) in [6, 6.07) is 8.82. The molecule has 0 amide bonds. The average molecular weight is 247 g/mol. The van der Waals surface area contributed by atoms with Crippen LogP contribution in [0.4, 0.5) is 4.39 Å². The summed E-state index contributed by atoms with van der Waals surface area (Å²) in [5.74, 6) is 1.47. The van der Waals surface area contributed by atoms with Gasteiger partial charge in [-0.2, -0.15) is 0 Å². The van der Waals surface area contributed by atoms with Crippen molar-refractivity contribution in [3.63, 3.8) is 0 Å². The number of benzene rings is 1. The van der Waals surface area contributed by atoms with Gasteiger partial charge in [0, 0.05) is 0 Å². The first-order chi connectivity index (χ1) is 8.60. The number of hydrogen-bond donors (Lipinski definition) is 1. The third kappa shape index (κ3) is 2.79. The number of hydrogen-bond acceptors (Lipinski definition) is 2. The molecule has 1 atom stereocenters. The van der Waals surface area contributed by atoms with Gasteiger partial charge in [-0.3, -0.25) is 0 Å². The Morgan fingerprint density at radius 2 is 2.00 bits per heavy atom. The van der Waals surface area contributed by atoms with E-state index in [0.717, 1.165) is 29.2 Å². The van der Waals surface area contributed by atoms with Gasteiger partial charge in [0.2, 0.25) is 0 Å². The zero-order valence-corrected chi connectivity index (χ0v) is 11.0. The average Bonchev–Trinajstić information content (AvgIpc) is 2.71. The van der Waals surface area contributed by atoms with E-state index >= 15 is 0 Å². The molecule has 96 valence electrons. The zero-order valence-electron chi connectivity index (χ0n) is 11.0. The van der Waals surface area contributed by atoms with Crippen molar-refractivity contribution >= 4 is 0 Å². The summed E-state index contributed by atoms with van der Waals surface area (Å²) in [7, 11) is 0. The number of halogens is 1. The van der Waals surface area contributed by atoms with Crippen molar-refractivity contribution in [2.75, 3.05) is 6.54 Å². The van der Waals surface area contributed by atoms with Gasteiger partial charge in [-0.25, -0.2) is 4.39 Å². The maximum Gasteiger partial charge on any atom is 0.125 e. The summed E-state index contributed by atoms with van der Waals surface area (Å²) in [6.07, 6.45) is 0. The van der Waals surface area contributed by atoms with E-state index in [1.807, 2.05) is 39.0 Å². The molecule has 2 rings (SSSR count). The number of rotatable bonds is 4. The third-order valence-electron chi connectivity index (χ3n) is 2.85. The molecule has 0 aliphatic carbocycles. The van der Waals surface area contributed by atoms with Gasteiger partial charge in [-0.05, 0) is 55.8 Å². The fourth-order valence-corrected chi connectivity index (χ4v) is 2.13. The Labute approximate surface area is 107 Å². The van der Waals surface area contributed by atoms with Crippen LogP contribution in [0.15, 0.2) is 34.7 Å². The lowest BCUT2D eigenvalue weighted by Gasteiger charge is -2.16. The highest BCUT2D eigenvalue weighted by Gasteiger charge is 2.17. The molecule has 0 aliphatic rings. The van der Waals surface area contributed by atoms with Gasteiger partial charge in [0.1, 0.15) is 17.3 Å². The second-order valence-electron chi connectivity index (χ2n) is 4.50. The molecule has 1 unspecified atom stereocenters. The molecular formula is C15H18FNO. The van der Waals surface area contributed by atoms with Gasteiger partial charge >= 0.3 is 0 Å². The van der Waals surface area contributed by atoms with Gasteiger partial charge < -0.3 is 9.73 Å². The molecule has 1 aromatic heterocycles. The van der Waals surface area contributed by atoms with Crippen molar-refractivity contribution in [3.8, 4) is 0 Å². The number of aryl methyl sites for hydroxylation is 2. The largest absolute Gasteiger partial charge is 0.464 e. The van der Waals surface area contributed by atoms with Crippen molar-refractivity contribution in [2.45, 2.75) is 26.8 Å². The Kier molecular flexibility index (Phi) is 3.82. The van der Waals surface area contributed by atoms with E-state index in [2.05, 4.69) is 5.32 Å². The minimum atomic E-state index is -0.212. The van der Waals surface area contributed by atoms with Crippen LogP contribution in [0.1, 0.15) is 35.6 Å². The lowest BCUT2D eigenvalue weighted by atomic mass is 10.0. The predicted molar refractivity (Wildman–Crippen MR) is 70.1 cm³/mol. The number of nitrogens with one attached hydrogen (secondary N) is 1. The Morgan fingerprint density at radius 3 is 2.56 bits per heavy atom. The molecule has 0 fully saturated rings. The van der Waals surface area contributed by atoms with Crippen LogP contribution in [-0.2, 0) is 0 Å². The van der Waals surface area contributed by atoms with Crippen molar-refractivity contribution in [3.05, 3.63) is 58.8 Å². The zero-order chi connectivity index (χ0) is 13.1. The molecular weight excluding hydrogens is 229 g/mol. The standard InChI is InChI=1S/C15H18FNO/c1-4-17-15(14-6-5-11(3)18-14)12-7-10(2)8-13(16)9-12/h5-9,15,17H,4H2,1-3H3. The van der Waals surface area contributed by atoms with Crippen LogP contribution in [-0.4, -0.2) is 6.54 Å². The molecule has 2 nitrogen and oxygen atoms in total. The minimum absolute atomic E-state index is 0.0990. The van der Waals surface area contributed by atoms with Crippen molar-refractivity contribution < 1.29 is 8.81 Å². The topological polar surface area (TPSA) is 25.2 Å². The Bertz CT molecular complexity index is 513. The quantitative estimate of drug-likeness (QED) is 0.890. The van der Waals surface area contributed by atoms with E-state index in [1.165, 1.54) is 6.07 Å². The highest BCUT2D eigenvalue weighted by molar-refractivity contribution is 5.31. The summed E-state index contributed by atoms with van der Waals surface area (Å²) in [6.45, 7) is 6.61. The third-order valence-corrected chi connectivity index (χ3v) is 2.85. The highest BCUT2D eigenvalue weighted by atomic mass is 19.1. The first kappa shape index (κ1) is 12.8. The maximum atomic E-state index is 13.5. The monoisotopic (exact) mass is 247 g/mol. The van der Waals surface area contributed by atoms with E-state index < -0.39 is 0 Å². The van der Waals surface area contributed by atoms with Crippen LogP contribution in [0.2, 0.25) is 0 Å². The van der Waals surface area contributed by atoms with Crippen LogP contribution in [0, 0.1) is 19.7 Å². The normalized spacial score (nSPS) is 12.7. The molecule has 2 aromatic rings. The van der Waals surface area contributed by atoms with Gasteiger partial charge in [0.25, 0.3) is 0 Å². The summed E-state index contributed by atoms with van der Waals surface area (Å²) in [4.78, 5) is 0. The molecule has 0 spiro atoms. The predicted octanol–water partition coefficient (Wildman–Crippen LogP) is 3.73. The van der Waals surface area contributed by atoms with E-state index in [4.69, 9.17) is 4.42 Å². The van der Waals surface area contributed by atoms with Crippen LogP contribution in [0.25, 0.3) is 0 Å². The fourth-order valence-electron chi connectivity index (χ4n) is 2.13. The molecule has 0 aliphatic heterocycles. The fraction of sp³-hybridized carbons (Fsp3) is 0.333. The summed E-state index contributed by atoms with van der Waals surface area (Å²) in [5, 5.41) is 3.32. The van der Waals surface area contributed by atoms with Crippen molar-refractivity contribution in [1.29, 1.82) is 0 Å². The lowest BCUT2D eigenvalue weighted by Crippen LogP contribution is -2.21. The Balaban J connectivity index is 2.40. The Morgan fingerprint density at radius 1 is 1.22 bits per heavy atom. The van der Waals surface area contributed by atoms with Crippen molar-refractivity contribution in [2.24, 2.45) is 0 Å². The van der Waals surface area contributed by atoms with Gasteiger partial charge in [-0.15, -0.1) is 0 Å². The summed E-state index contributed by atoms with van der Waals surface area (Å²) in [5.41, 5.74) is 1.81. The molecule has 18 heavy (non-hydrogen) atoms. The summed E-state index contributed by atoms with van der Waals surface area (Å²) < 4.78 is 19.1. The first-order valence-electron chi connectivity index (χ1n) is 6.17. The van der Waals surface area contributed by atoms with Crippen LogP contribution < -0.4 is 5.32 Å². The smallest absolute Gasteiger partial charge is 0.125 e. The van der Waals surface area contributed by atoms with Gasteiger partial charge in [0.05, 0.1) is 6.04 Å². The van der Waals surface area contributed by atoms with E-state index in [9.17, 15) is 4.39 Å². The Hall–Kier alpha value is -1.61. The molecule has 0 radical (unpaired) electrons. The van der Waals surface area contributed by atoms with E-state index in [0.29, 0.717) is 0 Å². The second kappa shape index (κ2) is 5.36. The molecule has 1 heterocycles. The van der Waals surface area contributed by atoms with Gasteiger partial charge in [0.15, 0.2) is 0 Å². The first-order valence-corrected chi connectivity index (χ1v) is 6.17. The van der Waals surface area contributed by atoms with Crippen LogP contribution in [0.5, 0.6) is 0 Å². The van der Waals surface area contributed by atoms with Gasteiger partial charge in [-0.1, -0.05) is 13.0 Å². The van der Waals surface area contributed by atoms with Crippen LogP contribution in [0.3, 0.4) is 0 Å². The molecule has 1 N–H and O–H groups in total. The second-order valence-corrected chi connectivity index (χ2v) is 4.50. The van der Waals surface area contributed by atoms with Crippen molar-refractivity contribution in [1.82, 2.24) is 5.32 Å². The SMILES string of the molecule is CCNC(c1cc(C)cc(F)c1)c1ccc(C)o1. The molecule has 3 heteroatoms. The molecule has 0 saturated heterocycles. The number of furan rings is 1. The maximum absolute atomic E-state index is 13.5. The highest BCUT2D eigenvalue weighted by Crippen LogP contribution is 2.25. The summed E-state index contributed by atoms with van der Waals surface area (Å²) >= 11 is 0. The molecule has 0 saturated carbocycles. The molecule has 1 aromatic carbocycles. The van der Waals surface area contributed by atoms with E-state index in [1.54, 1.807) is 6.07 Å². The van der Waals surface area contributed by atoms with E-state index in [-0.39, 0.29) is 11.9 Å². The lowest BCUT2D eigenvalue weighted by molar-refractivity contribution is 0.434. The minimum Gasteiger partial charge on any atom is -0.464 e.